The first kappa shape index (κ1) is 13.3. The van der Waals surface area contributed by atoms with Crippen molar-refractivity contribution >= 4 is 11.6 Å². The minimum atomic E-state index is -0.600. The molecule has 0 heterocycles. The van der Waals surface area contributed by atoms with Crippen molar-refractivity contribution in [2.24, 2.45) is 16.5 Å². The van der Waals surface area contributed by atoms with E-state index in [0.29, 0.717) is 6.54 Å². The van der Waals surface area contributed by atoms with Gasteiger partial charge in [-0.2, -0.15) is 0 Å². The monoisotopic (exact) mass is 236 g/mol. The normalized spacial score (nSPS) is 11.9. The molecule has 1 atom stereocenters. The number of aliphatic imine (C=N–C) groups is 1. The SMILES string of the molecule is Cc1ccc(C)c(NCC(O)CN=C(N)N)c1. The van der Waals surface area contributed by atoms with Crippen LogP contribution in [0.5, 0.6) is 0 Å². The number of benzene rings is 1. The minimum absolute atomic E-state index is 0.00390. The number of aryl methyl sites for hydroxylation is 2. The van der Waals surface area contributed by atoms with Gasteiger partial charge in [-0.3, -0.25) is 4.99 Å². The smallest absolute Gasteiger partial charge is 0.185 e. The second kappa shape index (κ2) is 6.10. The Bertz CT molecular complexity index is 399. The van der Waals surface area contributed by atoms with Gasteiger partial charge in [0, 0.05) is 12.2 Å². The van der Waals surface area contributed by atoms with Crippen LogP contribution in [0.1, 0.15) is 11.1 Å². The maximum Gasteiger partial charge on any atom is 0.185 e. The number of nitrogens with one attached hydrogen (secondary N) is 1. The average Bonchev–Trinajstić information content (AvgIpc) is 2.27. The van der Waals surface area contributed by atoms with Crippen molar-refractivity contribution in [1.29, 1.82) is 0 Å². The highest BCUT2D eigenvalue weighted by atomic mass is 16.3. The zero-order valence-corrected chi connectivity index (χ0v) is 10.3. The van der Waals surface area contributed by atoms with Crippen molar-refractivity contribution in [1.82, 2.24) is 0 Å². The second-order valence-electron chi connectivity index (χ2n) is 4.12. The van der Waals surface area contributed by atoms with E-state index < -0.39 is 6.10 Å². The lowest BCUT2D eigenvalue weighted by atomic mass is 10.1. The van der Waals surface area contributed by atoms with Gasteiger partial charge in [-0.15, -0.1) is 0 Å². The topological polar surface area (TPSA) is 96.7 Å². The molecule has 1 aromatic rings. The van der Waals surface area contributed by atoms with Gasteiger partial charge in [0.15, 0.2) is 5.96 Å². The molecule has 5 nitrogen and oxygen atoms in total. The molecule has 5 heteroatoms. The van der Waals surface area contributed by atoms with Crippen LogP contribution in [-0.2, 0) is 0 Å². The molecule has 0 bridgehead atoms. The summed E-state index contributed by atoms with van der Waals surface area (Å²) in [6.07, 6.45) is -0.600. The van der Waals surface area contributed by atoms with Gasteiger partial charge in [0.2, 0.25) is 0 Å². The van der Waals surface area contributed by atoms with E-state index in [-0.39, 0.29) is 12.5 Å². The molecular weight excluding hydrogens is 216 g/mol. The van der Waals surface area contributed by atoms with Crippen molar-refractivity contribution in [3.05, 3.63) is 29.3 Å². The second-order valence-corrected chi connectivity index (χ2v) is 4.12. The maximum atomic E-state index is 9.64. The van der Waals surface area contributed by atoms with Crippen LogP contribution in [0.4, 0.5) is 5.69 Å². The predicted molar refractivity (Wildman–Crippen MR) is 71.1 cm³/mol. The van der Waals surface area contributed by atoms with Crippen LogP contribution >= 0.6 is 0 Å². The van der Waals surface area contributed by atoms with Crippen molar-refractivity contribution in [2.45, 2.75) is 20.0 Å². The summed E-state index contributed by atoms with van der Waals surface area (Å²) in [5.74, 6) is -0.00390. The molecule has 1 aromatic carbocycles. The standard InChI is InChI=1S/C12H20N4O/c1-8-3-4-9(2)11(5-8)15-6-10(17)7-16-12(13)14/h3-5,10,15,17H,6-7H2,1-2H3,(H4,13,14,16). The van der Waals surface area contributed by atoms with Crippen LogP contribution < -0.4 is 16.8 Å². The van der Waals surface area contributed by atoms with Crippen molar-refractivity contribution in [3.63, 3.8) is 0 Å². The quantitative estimate of drug-likeness (QED) is 0.438. The van der Waals surface area contributed by atoms with Gasteiger partial charge in [0.05, 0.1) is 12.6 Å². The minimum Gasteiger partial charge on any atom is -0.389 e. The van der Waals surface area contributed by atoms with Crippen molar-refractivity contribution < 1.29 is 5.11 Å². The Morgan fingerprint density at radius 1 is 1.41 bits per heavy atom. The highest BCUT2D eigenvalue weighted by Gasteiger charge is 2.04. The predicted octanol–water partition coefficient (Wildman–Crippen LogP) is 0.350. The van der Waals surface area contributed by atoms with E-state index in [1.54, 1.807) is 0 Å². The molecule has 0 aliphatic heterocycles. The van der Waals surface area contributed by atoms with Crippen LogP contribution in [-0.4, -0.2) is 30.3 Å². The average molecular weight is 236 g/mol. The van der Waals surface area contributed by atoms with E-state index in [4.69, 9.17) is 11.5 Å². The number of hydrogen-bond donors (Lipinski definition) is 4. The largest absolute Gasteiger partial charge is 0.389 e. The van der Waals surface area contributed by atoms with Crippen LogP contribution in [0.25, 0.3) is 0 Å². The Kier molecular flexibility index (Phi) is 4.78. The summed E-state index contributed by atoms with van der Waals surface area (Å²) in [6, 6.07) is 6.14. The van der Waals surface area contributed by atoms with Gasteiger partial charge < -0.3 is 21.9 Å². The van der Waals surface area contributed by atoms with Gasteiger partial charge in [0.1, 0.15) is 0 Å². The highest BCUT2D eigenvalue weighted by Crippen LogP contribution is 2.16. The Morgan fingerprint density at radius 2 is 2.12 bits per heavy atom. The Hall–Kier alpha value is -1.75. The lowest BCUT2D eigenvalue weighted by molar-refractivity contribution is 0.196. The molecule has 0 spiro atoms. The highest BCUT2D eigenvalue weighted by molar-refractivity contribution is 5.75. The van der Waals surface area contributed by atoms with Crippen molar-refractivity contribution in [2.75, 3.05) is 18.4 Å². The molecule has 0 aliphatic rings. The van der Waals surface area contributed by atoms with Crippen LogP contribution in [0.2, 0.25) is 0 Å². The molecule has 6 N–H and O–H groups in total. The first-order valence-corrected chi connectivity index (χ1v) is 5.53. The molecule has 0 saturated heterocycles. The van der Waals surface area contributed by atoms with Gasteiger partial charge in [-0.25, -0.2) is 0 Å². The van der Waals surface area contributed by atoms with E-state index >= 15 is 0 Å². The lowest BCUT2D eigenvalue weighted by Gasteiger charge is -2.13. The van der Waals surface area contributed by atoms with E-state index in [1.807, 2.05) is 26.0 Å². The molecule has 94 valence electrons. The number of aliphatic hydroxyl groups is 1. The number of aliphatic hydroxyl groups excluding tert-OH is 1. The number of rotatable bonds is 5. The number of guanidine groups is 1. The van der Waals surface area contributed by atoms with E-state index in [9.17, 15) is 5.11 Å². The molecule has 0 aromatic heterocycles. The number of anilines is 1. The summed E-state index contributed by atoms with van der Waals surface area (Å²) in [7, 11) is 0. The molecule has 1 rings (SSSR count). The fourth-order valence-corrected chi connectivity index (χ4v) is 1.43. The summed E-state index contributed by atoms with van der Waals surface area (Å²) in [4.78, 5) is 3.76. The van der Waals surface area contributed by atoms with Crippen molar-refractivity contribution in [3.8, 4) is 0 Å². The first-order valence-electron chi connectivity index (χ1n) is 5.53. The van der Waals surface area contributed by atoms with Crippen LogP contribution in [0.3, 0.4) is 0 Å². The summed E-state index contributed by atoms with van der Waals surface area (Å²) in [5.41, 5.74) is 13.7. The zero-order chi connectivity index (χ0) is 12.8. The van der Waals surface area contributed by atoms with Gasteiger partial charge in [-0.1, -0.05) is 12.1 Å². The molecule has 17 heavy (non-hydrogen) atoms. The van der Waals surface area contributed by atoms with Gasteiger partial charge in [0.25, 0.3) is 0 Å². The molecule has 0 amide bonds. The van der Waals surface area contributed by atoms with E-state index in [0.717, 1.165) is 11.3 Å². The third-order valence-electron chi connectivity index (χ3n) is 2.41. The van der Waals surface area contributed by atoms with Crippen LogP contribution in [0, 0.1) is 13.8 Å². The summed E-state index contributed by atoms with van der Waals surface area (Å²) in [6.45, 7) is 4.67. The summed E-state index contributed by atoms with van der Waals surface area (Å²) < 4.78 is 0. The van der Waals surface area contributed by atoms with Crippen LogP contribution in [0.15, 0.2) is 23.2 Å². The number of nitrogens with two attached hydrogens (primary N) is 2. The zero-order valence-electron chi connectivity index (χ0n) is 10.3. The molecule has 0 fully saturated rings. The third kappa shape index (κ3) is 4.74. The molecule has 0 aliphatic carbocycles. The maximum absolute atomic E-state index is 9.64. The summed E-state index contributed by atoms with van der Waals surface area (Å²) >= 11 is 0. The molecule has 0 radical (unpaired) electrons. The van der Waals surface area contributed by atoms with E-state index in [2.05, 4.69) is 16.4 Å². The van der Waals surface area contributed by atoms with Gasteiger partial charge in [-0.05, 0) is 31.0 Å². The molecule has 1 unspecified atom stereocenters. The number of hydrogen-bond acceptors (Lipinski definition) is 3. The van der Waals surface area contributed by atoms with E-state index in [1.165, 1.54) is 5.56 Å². The Labute approximate surface area is 102 Å². The molecular formula is C12H20N4O. The lowest BCUT2D eigenvalue weighted by Crippen LogP contribution is -2.28. The summed E-state index contributed by atoms with van der Waals surface area (Å²) in [5, 5.41) is 12.8. The number of nitrogens with zero attached hydrogens (tertiary/aromatic N) is 1. The fraction of sp³-hybridized carbons (Fsp3) is 0.417. The van der Waals surface area contributed by atoms with Gasteiger partial charge >= 0.3 is 0 Å². The Balaban J connectivity index is 2.49. The fourth-order valence-electron chi connectivity index (χ4n) is 1.43. The Morgan fingerprint density at radius 3 is 2.76 bits per heavy atom. The first-order chi connectivity index (χ1) is 7.99. The third-order valence-corrected chi connectivity index (χ3v) is 2.41. The molecule has 0 saturated carbocycles.